The Kier molecular flexibility index (Phi) is 9.19. The lowest BCUT2D eigenvalue weighted by atomic mass is 10.1. The van der Waals surface area contributed by atoms with Gasteiger partial charge in [0.2, 0.25) is 28.6 Å². The first-order valence-electron chi connectivity index (χ1n) is 12.8. The minimum Gasteiger partial charge on any atom is -0.454 e. The topological polar surface area (TPSA) is 105 Å². The van der Waals surface area contributed by atoms with E-state index in [-0.39, 0.29) is 50.6 Å². The molecule has 9 nitrogen and oxygen atoms in total. The van der Waals surface area contributed by atoms with Crippen LogP contribution in [0.5, 0.6) is 11.5 Å². The molecule has 1 heterocycles. The van der Waals surface area contributed by atoms with E-state index in [1.54, 1.807) is 30.0 Å². The molecule has 2 aromatic carbocycles. The maximum absolute atomic E-state index is 13.5. The number of hydrogen-bond donors (Lipinski definition) is 1. The molecule has 1 saturated carbocycles. The number of benzene rings is 2. The van der Waals surface area contributed by atoms with Gasteiger partial charge in [0.05, 0.1) is 11.9 Å². The molecule has 1 fully saturated rings. The minimum atomic E-state index is -3.61. The fourth-order valence-electron chi connectivity index (χ4n) is 4.81. The Bertz CT molecular complexity index is 1250. The van der Waals surface area contributed by atoms with Crippen LogP contribution in [-0.2, 0) is 26.2 Å². The quantitative estimate of drug-likeness (QED) is 0.410. The summed E-state index contributed by atoms with van der Waals surface area (Å²) in [5.41, 5.74) is 1.35. The second kappa shape index (κ2) is 12.4. The van der Waals surface area contributed by atoms with E-state index in [4.69, 9.17) is 9.47 Å². The van der Waals surface area contributed by atoms with E-state index in [0.29, 0.717) is 17.2 Å². The number of nitrogens with zero attached hydrogens (tertiary/aromatic N) is 2. The molecule has 1 aliphatic carbocycles. The zero-order valence-corrected chi connectivity index (χ0v) is 24.1. The van der Waals surface area contributed by atoms with Crippen LogP contribution in [-0.4, -0.2) is 56.8 Å². The third-order valence-electron chi connectivity index (χ3n) is 6.93. The van der Waals surface area contributed by atoms with Crippen LogP contribution in [0, 0.1) is 0 Å². The second-order valence-corrected chi connectivity index (χ2v) is 12.6. The number of halogens is 1. The number of amides is 2. The summed E-state index contributed by atoms with van der Waals surface area (Å²) in [6.45, 7) is 2.23. The number of anilines is 1. The molecule has 2 aliphatic rings. The summed E-state index contributed by atoms with van der Waals surface area (Å²) in [5, 5.41) is 3.10. The smallest absolute Gasteiger partial charge is 0.242 e. The van der Waals surface area contributed by atoms with Gasteiger partial charge < -0.3 is 19.7 Å². The van der Waals surface area contributed by atoms with Gasteiger partial charge in [0.25, 0.3) is 0 Å². The van der Waals surface area contributed by atoms with Crippen LogP contribution in [0.15, 0.2) is 46.9 Å². The average Bonchev–Trinajstić information content (AvgIpc) is 3.56. The molecule has 1 atom stereocenters. The summed E-state index contributed by atoms with van der Waals surface area (Å²) >= 11 is 3.43. The van der Waals surface area contributed by atoms with E-state index in [9.17, 15) is 18.0 Å². The van der Waals surface area contributed by atoms with E-state index in [2.05, 4.69) is 21.2 Å². The number of carbonyl (C=O) groups excluding carboxylic acids is 2. The highest BCUT2D eigenvalue weighted by Crippen LogP contribution is 2.36. The normalized spacial score (nSPS) is 15.8. The van der Waals surface area contributed by atoms with Crippen LogP contribution < -0.4 is 19.1 Å². The SMILES string of the molecule is CC(C(=O)NC1CCCC1)N(Cc1ccc(Br)cc1)C(=O)CCCN(c1ccc2c(c1)OCO2)S(C)(=O)=O. The minimum absolute atomic E-state index is 0.0902. The Morgan fingerprint density at radius 1 is 1.08 bits per heavy atom. The van der Waals surface area contributed by atoms with E-state index >= 15 is 0 Å². The summed E-state index contributed by atoms with van der Waals surface area (Å²) < 4.78 is 38.0. The Balaban J connectivity index is 1.44. The molecule has 1 aliphatic heterocycles. The second-order valence-electron chi connectivity index (χ2n) is 9.79. The molecule has 0 aromatic heterocycles. The van der Waals surface area contributed by atoms with Gasteiger partial charge in [-0.3, -0.25) is 13.9 Å². The van der Waals surface area contributed by atoms with Crippen LogP contribution >= 0.6 is 15.9 Å². The molecule has 4 rings (SSSR count). The zero-order chi connectivity index (χ0) is 27.3. The van der Waals surface area contributed by atoms with Crippen molar-refractivity contribution in [3.05, 3.63) is 52.5 Å². The lowest BCUT2D eigenvalue weighted by Gasteiger charge is -2.30. The van der Waals surface area contributed by atoms with Crippen LogP contribution in [0.3, 0.4) is 0 Å². The van der Waals surface area contributed by atoms with E-state index < -0.39 is 16.1 Å². The molecule has 38 heavy (non-hydrogen) atoms. The molecule has 0 bridgehead atoms. The number of ether oxygens (including phenoxy) is 2. The van der Waals surface area contributed by atoms with Gasteiger partial charge in [0, 0.05) is 36.1 Å². The number of rotatable bonds is 11. The van der Waals surface area contributed by atoms with Crippen LogP contribution in [0.25, 0.3) is 0 Å². The van der Waals surface area contributed by atoms with Gasteiger partial charge in [-0.05, 0) is 56.0 Å². The number of fused-ring (bicyclic) bond motifs is 1. The Morgan fingerprint density at radius 3 is 2.45 bits per heavy atom. The first-order chi connectivity index (χ1) is 18.1. The maximum Gasteiger partial charge on any atom is 0.242 e. The van der Waals surface area contributed by atoms with Crippen LogP contribution in [0.4, 0.5) is 5.69 Å². The maximum atomic E-state index is 13.5. The predicted molar refractivity (Wildman–Crippen MR) is 149 cm³/mol. The molecule has 1 N–H and O–H groups in total. The van der Waals surface area contributed by atoms with Gasteiger partial charge >= 0.3 is 0 Å². The fraction of sp³-hybridized carbons (Fsp3) is 0.481. The molecule has 0 saturated heterocycles. The number of nitrogens with one attached hydrogen (secondary N) is 1. The van der Waals surface area contributed by atoms with Crippen molar-refractivity contribution in [2.24, 2.45) is 0 Å². The summed E-state index contributed by atoms with van der Waals surface area (Å²) in [6, 6.07) is 12.1. The third kappa shape index (κ3) is 7.19. The largest absolute Gasteiger partial charge is 0.454 e. The van der Waals surface area contributed by atoms with E-state index in [0.717, 1.165) is 42.0 Å². The third-order valence-corrected chi connectivity index (χ3v) is 8.65. The number of hydrogen-bond acceptors (Lipinski definition) is 6. The van der Waals surface area contributed by atoms with Crippen LogP contribution in [0.1, 0.15) is 51.0 Å². The fourth-order valence-corrected chi connectivity index (χ4v) is 6.03. The first-order valence-corrected chi connectivity index (χ1v) is 15.5. The Morgan fingerprint density at radius 2 is 1.76 bits per heavy atom. The van der Waals surface area contributed by atoms with Crippen molar-refractivity contribution >= 4 is 43.5 Å². The van der Waals surface area contributed by atoms with Crippen molar-refractivity contribution in [1.82, 2.24) is 10.2 Å². The van der Waals surface area contributed by atoms with Gasteiger partial charge in [0.1, 0.15) is 6.04 Å². The van der Waals surface area contributed by atoms with Gasteiger partial charge in [-0.2, -0.15) is 0 Å². The molecule has 206 valence electrons. The molecule has 1 unspecified atom stereocenters. The first kappa shape index (κ1) is 28.2. The van der Waals surface area contributed by atoms with E-state index in [1.165, 1.54) is 4.31 Å². The van der Waals surface area contributed by atoms with Crippen molar-refractivity contribution in [1.29, 1.82) is 0 Å². The highest BCUT2D eigenvalue weighted by molar-refractivity contribution is 9.10. The van der Waals surface area contributed by atoms with Gasteiger partial charge in [-0.1, -0.05) is 40.9 Å². The van der Waals surface area contributed by atoms with Gasteiger partial charge in [-0.15, -0.1) is 0 Å². The monoisotopic (exact) mass is 607 g/mol. The molecular formula is C27H34BrN3O6S. The van der Waals surface area contributed by atoms with Crippen LogP contribution in [0.2, 0.25) is 0 Å². The summed E-state index contributed by atoms with van der Waals surface area (Å²) in [6.07, 6.45) is 5.62. The summed E-state index contributed by atoms with van der Waals surface area (Å²) in [4.78, 5) is 28.1. The Labute approximate surface area is 232 Å². The average molecular weight is 609 g/mol. The van der Waals surface area contributed by atoms with Crippen molar-refractivity contribution in [2.75, 3.05) is 23.9 Å². The lowest BCUT2D eigenvalue weighted by Crippen LogP contribution is -2.49. The van der Waals surface area contributed by atoms with E-state index in [1.807, 2.05) is 24.3 Å². The van der Waals surface area contributed by atoms with Crippen molar-refractivity contribution in [3.63, 3.8) is 0 Å². The molecular weight excluding hydrogens is 574 g/mol. The zero-order valence-electron chi connectivity index (χ0n) is 21.7. The Hall–Kier alpha value is -2.79. The molecule has 0 radical (unpaired) electrons. The standard InChI is InChI=1S/C27H34BrN3O6S/c1-19(27(33)29-22-6-3-4-7-22)30(17-20-9-11-21(28)12-10-20)26(32)8-5-15-31(38(2,34)35)23-13-14-24-25(16-23)37-18-36-24/h9-14,16,19,22H,3-8,15,17-18H2,1-2H3,(H,29,33). The van der Waals surface area contributed by atoms with Crippen molar-refractivity contribution < 1.29 is 27.5 Å². The number of carbonyl (C=O) groups is 2. The van der Waals surface area contributed by atoms with Crippen molar-refractivity contribution in [3.8, 4) is 11.5 Å². The van der Waals surface area contributed by atoms with Gasteiger partial charge in [0.15, 0.2) is 11.5 Å². The summed E-state index contributed by atoms with van der Waals surface area (Å²) in [5.74, 6) is 0.669. The summed E-state index contributed by atoms with van der Waals surface area (Å²) in [7, 11) is -3.61. The number of sulfonamides is 1. The molecule has 11 heteroatoms. The molecule has 2 aromatic rings. The molecule has 0 spiro atoms. The highest BCUT2D eigenvalue weighted by Gasteiger charge is 2.29. The van der Waals surface area contributed by atoms with Gasteiger partial charge in [-0.25, -0.2) is 8.42 Å². The lowest BCUT2D eigenvalue weighted by molar-refractivity contribution is -0.141. The van der Waals surface area contributed by atoms with Crippen molar-refractivity contribution in [2.45, 2.75) is 64.1 Å². The highest BCUT2D eigenvalue weighted by atomic mass is 79.9. The predicted octanol–water partition coefficient (Wildman–Crippen LogP) is 4.20. The molecule has 2 amide bonds.